The largest absolute Gasteiger partial charge is 0.364 e. The van der Waals surface area contributed by atoms with Crippen molar-refractivity contribution in [3.63, 3.8) is 0 Å². The molecule has 0 saturated heterocycles. The zero-order valence-corrected chi connectivity index (χ0v) is 16.1. The zero-order valence-electron chi connectivity index (χ0n) is 15.4. The average Bonchev–Trinajstić information content (AvgIpc) is 3.26. The lowest BCUT2D eigenvalue weighted by Crippen LogP contribution is -2.06. The summed E-state index contributed by atoms with van der Waals surface area (Å²) in [6.07, 6.45) is 3.57. The maximum atomic E-state index is 6.16. The number of fused-ring (bicyclic) bond motifs is 1. The van der Waals surface area contributed by atoms with Crippen LogP contribution in [0.5, 0.6) is 0 Å². The van der Waals surface area contributed by atoms with Crippen LogP contribution in [0.1, 0.15) is 25.5 Å². The quantitative estimate of drug-likeness (QED) is 0.527. The Hall–Kier alpha value is -2.93. The smallest absolute Gasteiger partial charge is 0.226 e. The molecule has 0 amide bonds. The summed E-state index contributed by atoms with van der Waals surface area (Å²) in [6.45, 7) is 4.74. The number of hydrogen-bond donors (Lipinski definition) is 1. The molecule has 0 spiro atoms. The Bertz CT molecular complexity index is 1100. The number of aryl methyl sites for hydroxylation is 1. The predicted molar refractivity (Wildman–Crippen MR) is 107 cm³/mol. The van der Waals surface area contributed by atoms with Crippen LogP contribution in [0, 0.1) is 0 Å². The van der Waals surface area contributed by atoms with Gasteiger partial charge < -0.3 is 9.88 Å². The summed E-state index contributed by atoms with van der Waals surface area (Å²) in [5.74, 6) is 0.629. The predicted octanol–water partition coefficient (Wildman–Crippen LogP) is 4.07. The van der Waals surface area contributed by atoms with E-state index in [2.05, 4.69) is 51.3 Å². The first-order chi connectivity index (χ1) is 13.0. The second-order valence-corrected chi connectivity index (χ2v) is 6.95. The number of halogens is 1. The molecule has 0 atom stereocenters. The first kappa shape index (κ1) is 17.5. The molecule has 4 rings (SSSR count). The van der Waals surface area contributed by atoms with Gasteiger partial charge in [-0.3, -0.25) is 4.68 Å². The second kappa shape index (κ2) is 7.00. The Balaban J connectivity index is 1.68. The lowest BCUT2D eigenvalue weighted by atomic mass is 10.0. The minimum Gasteiger partial charge on any atom is -0.364 e. The van der Waals surface area contributed by atoms with Crippen LogP contribution in [-0.2, 0) is 13.6 Å². The van der Waals surface area contributed by atoms with Gasteiger partial charge in [-0.05, 0) is 37.1 Å². The van der Waals surface area contributed by atoms with E-state index in [9.17, 15) is 0 Å². The minimum atomic E-state index is 0.201. The van der Waals surface area contributed by atoms with Gasteiger partial charge >= 0.3 is 0 Å². The van der Waals surface area contributed by atoms with E-state index >= 15 is 0 Å². The number of aromatic nitrogens is 6. The lowest BCUT2D eigenvalue weighted by molar-refractivity contribution is 0.612. The van der Waals surface area contributed by atoms with Crippen molar-refractivity contribution in [2.45, 2.75) is 26.4 Å². The molecular formula is C19H20ClN7. The van der Waals surface area contributed by atoms with E-state index in [4.69, 9.17) is 11.6 Å². The summed E-state index contributed by atoms with van der Waals surface area (Å²) in [4.78, 5) is 13.2. The van der Waals surface area contributed by atoms with Gasteiger partial charge in [-0.2, -0.15) is 15.1 Å². The fourth-order valence-electron chi connectivity index (χ4n) is 3.13. The van der Waals surface area contributed by atoms with Crippen molar-refractivity contribution in [1.82, 2.24) is 29.3 Å². The van der Waals surface area contributed by atoms with E-state index < -0.39 is 0 Å². The molecule has 138 valence electrons. The summed E-state index contributed by atoms with van der Waals surface area (Å²) in [7, 11) is 1.94. The molecule has 27 heavy (non-hydrogen) atoms. The third-order valence-corrected chi connectivity index (χ3v) is 4.68. The monoisotopic (exact) mass is 381 g/mol. The summed E-state index contributed by atoms with van der Waals surface area (Å²) in [5.41, 5.74) is 4.75. The van der Waals surface area contributed by atoms with E-state index in [-0.39, 0.29) is 11.3 Å². The van der Waals surface area contributed by atoms with Crippen LogP contribution in [0.3, 0.4) is 0 Å². The molecule has 0 radical (unpaired) electrons. The van der Waals surface area contributed by atoms with Crippen LogP contribution < -0.4 is 5.32 Å². The van der Waals surface area contributed by atoms with E-state index in [1.807, 2.05) is 34.5 Å². The average molecular weight is 382 g/mol. The van der Waals surface area contributed by atoms with Crippen LogP contribution in [0.15, 0.2) is 42.9 Å². The van der Waals surface area contributed by atoms with Crippen LogP contribution >= 0.6 is 11.6 Å². The van der Waals surface area contributed by atoms with Crippen molar-refractivity contribution in [2.24, 2.45) is 7.05 Å². The Morgan fingerprint density at radius 3 is 2.70 bits per heavy atom. The summed E-state index contributed by atoms with van der Waals surface area (Å²) >= 11 is 6.16. The normalized spacial score (nSPS) is 11.4. The fourth-order valence-corrected chi connectivity index (χ4v) is 3.30. The number of anilines is 1. The molecular weight excluding hydrogens is 362 g/mol. The first-order valence-electron chi connectivity index (χ1n) is 8.75. The van der Waals surface area contributed by atoms with Gasteiger partial charge in [0.05, 0.1) is 12.0 Å². The highest BCUT2D eigenvalue weighted by atomic mass is 35.5. The van der Waals surface area contributed by atoms with Gasteiger partial charge in [-0.1, -0.05) is 24.3 Å². The van der Waals surface area contributed by atoms with Crippen LogP contribution in [0.4, 0.5) is 5.82 Å². The summed E-state index contributed by atoms with van der Waals surface area (Å²) < 4.78 is 3.85. The van der Waals surface area contributed by atoms with E-state index in [1.54, 1.807) is 12.5 Å². The highest BCUT2D eigenvalue weighted by Crippen LogP contribution is 2.26. The number of rotatable bonds is 5. The Morgan fingerprint density at radius 1 is 1.15 bits per heavy atom. The van der Waals surface area contributed by atoms with Crippen molar-refractivity contribution < 1.29 is 0 Å². The summed E-state index contributed by atoms with van der Waals surface area (Å²) in [6, 6.07) is 10.5. The summed E-state index contributed by atoms with van der Waals surface area (Å²) in [5, 5.41) is 7.85. The van der Waals surface area contributed by atoms with E-state index in [0.717, 1.165) is 22.5 Å². The zero-order chi connectivity index (χ0) is 19.0. The van der Waals surface area contributed by atoms with Gasteiger partial charge in [0.25, 0.3) is 0 Å². The highest BCUT2D eigenvalue weighted by molar-refractivity contribution is 6.28. The molecule has 0 bridgehead atoms. The van der Waals surface area contributed by atoms with Crippen molar-refractivity contribution in [1.29, 1.82) is 0 Å². The van der Waals surface area contributed by atoms with E-state index in [0.29, 0.717) is 17.9 Å². The lowest BCUT2D eigenvalue weighted by Gasteiger charge is -2.12. The van der Waals surface area contributed by atoms with E-state index in [1.165, 1.54) is 0 Å². The van der Waals surface area contributed by atoms with Crippen molar-refractivity contribution in [3.8, 4) is 11.3 Å². The number of imidazole rings is 1. The van der Waals surface area contributed by atoms with Crippen LogP contribution in [0.25, 0.3) is 22.4 Å². The SMILES string of the molecule is CC(C)n1cnc2c(NCc3ccccc3-c3ccnn3C)nc(Cl)nc21. The number of nitrogens with zero attached hydrogens (tertiary/aromatic N) is 6. The third kappa shape index (κ3) is 3.26. The molecule has 0 unspecified atom stereocenters. The minimum absolute atomic E-state index is 0.201. The molecule has 0 saturated carbocycles. The van der Waals surface area contributed by atoms with Crippen molar-refractivity contribution >= 4 is 28.6 Å². The number of benzene rings is 1. The highest BCUT2D eigenvalue weighted by Gasteiger charge is 2.15. The Kier molecular flexibility index (Phi) is 4.53. The second-order valence-electron chi connectivity index (χ2n) is 6.61. The first-order valence-corrected chi connectivity index (χ1v) is 9.12. The van der Waals surface area contributed by atoms with Crippen molar-refractivity contribution in [3.05, 3.63) is 53.7 Å². The molecule has 0 aliphatic heterocycles. The molecule has 0 aliphatic carbocycles. The maximum absolute atomic E-state index is 6.16. The van der Waals surface area contributed by atoms with Crippen molar-refractivity contribution in [2.75, 3.05) is 5.32 Å². The van der Waals surface area contributed by atoms with Gasteiger partial charge in [0.15, 0.2) is 17.0 Å². The molecule has 1 N–H and O–H groups in total. The molecule has 3 heterocycles. The fraction of sp³-hybridized carbons (Fsp3) is 0.263. The Morgan fingerprint density at radius 2 is 1.96 bits per heavy atom. The molecule has 0 fully saturated rings. The van der Waals surface area contributed by atoms with Gasteiger partial charge in [0.1, 0.15) is 0 Å². The topological polar surface area (TPSA) is 73.5 Å². The Labute approximate surface area is 162 Å². The van der Waals surface area contributed by atoms with Gasteiger partial charge in [-0.15, -0.1) is 0 Å². The van der Waals surface area contributed by atoms with Gasteiger partial charge in [0.2, 0.25) is 5.28 Å². The van der Waals surface area contributed by atoms with Gasteiger partial charge in [0, 0.05) is 31.4 Å². The molecule has 1 aromatic carbocycles. The molecule has 3 aromatic heterocycles. The molecule has 8 heteroatoms. The third-order valence-electron chi connectivity index (χ3n) is 4.51. The van der Waals surface area contributed by atoms with Gasteiger partial charge in [-0.25, -0.2) is 4.98 Å². The van der Waals surface area contributed by atoms with Crippen LogP contribution in [-0.4, -0.2) is 29.3 Å². The van der Waals surface area contributed by atoms with Crippen LogP contribution in [0.2, 0.25) is 5.28 Å². The maximum Gasteiger partial charge on any atom is 0.226 e. The number of nitrogens with one attached hydrogen (secondary N) is 1. The molecule has 0 aliphatic rings. The standard InChI is InChI=1S/C19H20ClN7/c1-12(2)27-11-22-16-17(24-19(20)25-18(16)27)21-10-13-6-4-5-7-14(13)15-8-9-23-26(15)3/h4-9,11-12H,10H2,1-3H3,(H,21,24,25). The molecule has 7 nitrogen and oxygen atoms in total. The molecule has 4 aromatic rings. The number of hydrogen-bond acceptors (Lipinski definition) is 5.